The molecule has 0 atom stereocenters. The maximum absolute atomic E-state index is 6.15. The van der Waals surface area contributed by atoms with Gasteiger partial charge in [0, 0.05) is 26.0 Å². The summed E-state index contributed by atoms with van der Waals surface area (Å²) in [6.07, 6.45) is 6.56. The highest BCUT2D eigenvalue weighted by Crippen LogP contribution is 2.25. The van der Waals surface area contributed by atoms with Crippen LogP contribution in [0.3, 0.4) is 0 Å². The van der Waals surface area contributed by atoms with Crippen molar-refractivity contribution in [3.05, 3.63) is 30.3 Å². The summed E-state index contributed by atoms with van der Waals surface area (Å²) in [6, 6.07) is 10.0. The maximum Gasteiger partial charge on any atom is 0.536 e. The van der Waals surface area contributed by atoms with E-state index in [1.807, 2.05) is 30.3 Å². The average molecular weight is 280 g/mol. The Labute approximate surface area is 117 Å². The van der Waals surface area contributed by atoms with E-state index in [-0.39, 0.29) is 0 Å². The van der Waals surface area contributed by atoms with E-state index in [1.54, 1.807) is 14.2 Å². The molecule has 1 saturated carbocycles. The highest BCUT2D eigenvalue weighted by atomic mass is 28.4. The van der Waals surface area contributed by atoms with Crippen molar-refractivity contribution < 1.29 is 13.3 Å². The molecule has 0 spiro atoms. The second kappa shape index (κ2) is 7.19. The fourth-order valence-electron chi connectivity index (χ4n) is 2.74. The molecule has 0 aromatic heterocycles. The second-order valence-corrected chi connectivity index (χ2v) is 7.94. The molecule has 1 aromatic carbocycles. The summed E-state index contributed by atoms with van der Waals surface area (Å²) in [4.78, 5) is 0. The minimum atomic E-state index is -2.70. The van der Waals surface area contributed by atoms with E-state index in [4.69, 9.17) is 13.3 Å². The van der Waals surface area contributed by atoms with Gasteiger partial charge in [-0.3, -0.25) is 0 Å². The largest absolute Gasteiger partial charge is 0.536 e. The predicted molar refractivity (Wildman–Crippen MR) is 78.4 cm³/mol. The second-order valence-electron chi connectivity index (χ2n) is 5.15. The van der Waals surface area contributed by atoms with Crippen molar-refractivity contribution in [1.82, 2.24) is 0 Å². The summed E-state index contributed by atoms with van der Waals surface area (Å²) in [5.74, 6) is 0.662. The third kappa shape index (κ3) is 3.66. The molecular formula is C15H24O3Si. The van der Waals surface area contributed by atoms with Crippen molar-refractivity contribution in [2.24, 2.45) is 5.92 Å². The molecule has 2 rings (SSSR count). The first-order chi connectivity index (χ1) is 9.30. The van der Waals surface area contributed by atoms with E-state index in [0.717, 1.165) is 11.8 Å². The SMILES string of the molecule is CO[Si](OC)(OCC1CCCCC1)c1ccccc1. The third-order valence-electron chi connectivity index (χ3n) is 3.90. The van der Waals surface area contributed by atoms with Crippen LogP contribution in [-0.2, 0) is 13.3 Å². The van der Waals surface area contributed by atoms with Gasteiger partial charge in [0.1, 0.15) is 0 Å². The van der Waals surface area contributed by atoms with Gasteiger partial charge in [0.05, 0.1) is 0 Å². The average Bonchev–Trinajstić information content (AvgIpc) is 2.51. The van der Waals surface area contributed by atoms with Crippen molar-refractivity contribution in [3.63, 3.8) is 0 Å². The first-order valence-electron chi connectivity index (χ1n) is 7.10. The molecule has 3 nitrogen and oxygen atoms in total. The third-order valence-corrected chi connectivity index (χ3v) is 6.56. The van der Waals surface area contributed by atoms with E-state index >= 15 is 0 Å². The van der Waals surface area contributed by atoms with Crippen molar-refractivity contribution >= 4 is 14.0 Å². The molecule has 0 bridgehead atoms. The van der Waals surface area contributed by atoms with Crippen LogP contribution in [0.25, 0.3) is 0 Å². The summed E-state index contributed by atoms with van der Waals surface area (Å²) in [5, 5.41) is 1.04. The van der Waals surface area contributed by atoms with Crippen molar-refractivity contribution in [3.8, 4) is 0 Å². The minimum absolute atomic E-state index is 0.662. The normalized spacial score (nSPS) is 17.6. The zero-order valence-corrected chi connectivity index (χ0v) is 12.9. The van der Waals surface area contributed by atoms with Gasteiger partial charge in [-0.25, -0.2) is 0 Å². The van der Waals surface area contributed by atoms with Crippen LogP contribution in [0.1, 0.15) is 32.1 Å². The van der Waals surface area contributed by atoms with Crippen LogP contribution in [0.15, 0.2) is 30.3 Å². The Morgan fingerprint density at radius 1 is 1.00 bits per heavy atom. The highest BCUT2D eigenvalue weighted by molar-refractivity contribution is 6.75. The van der Waals surface area contributed by atoms with Gasteiger partial charge in [0.25, 0.3) is 0 Å². The summed E-state index contributed by atoms with van der Waals surface area (Å²) in [6.45, 7) is 0.753. The van der Waals surface area contributed by atoms with Crippen molar-refractivity contribution in [2.45, 2.75) is 32.1 Å². The van der Waals surface area contributed by atoms with Crippen LogP contribution in [0.4, 0.5) is 0 Å². The molecule has 0 aliphatic heterocycles. The molecule has 1 aliphatic carbocycles. The van der Waals surface area contributed by atoms with Crippen LogP contribution in [-0.4, -0.2) is 29.6 Å². The Balaban J connectivity index is 2.02. The van der Waals surface area contributed by atoms with Gasteiger partial charge in [-0.2, -0.15) is 0 Å². The Kier molecular flexibility index (Phi) is 5.57. The van der Waals surface area contributed by atoms with Gasteiger partial charge >= 0.3 is 8.80 Å². The van der Waals surface area contributed by atoms with Crippen LogP contribution >= 0.6 is 0 Å². The van der Waals surface area contributed by atoms with Gasteiger partial charge in [-0.1, -0.05) is 49.6 Å². The molecule has 19 heavy (non-hydrogen) atoms. The molecule has 0 N–H and O–H groups in total. The maximum atomic E-state index is 6.15. The van der Waals surface area contributed by atoms with E-state index in [1.165, 1.54) is 32.1 Å². The standard InChI is InChI=1S/C15H24O3Si/c1-16-19(17-2,15-11-7-4-8-12-15)18-13-14-9-5-3-6-10-14/h4,7-8,11-12,14H,3,5-6,9-10,13H2,1-2H3. The zero-order chi connectivity index (χ0) is 13.6. The Hall–Kier alpha value is -0.683. The fraction of sp³-hybridized carbons (Fsp3) is 0.600. The summed E-state index contributed by atoms with van der Waals surface area (Å²) in [5.41, 5.74) is 0. The molecule has 1 aromatic rings. The Morgan fingerprint density at radius 2 is 1.63 bits per heavy atom. The van der Waals surface area contributed by atoms with Gasteiger partial charge in [-0.05, 0) is 18.8 Å². The molecule has 4 heteroatoms. The lowest BCUT2D eigenvalue weighted by molar-refractivity contribution is 0.0872. The topological polar surface area (TPSA) is 27.7 Å². The quantitative estimate of drug-likeness (QED) is 0.750. The van der Waals surface area contributed by atoms with Gasteiger partial charge in [0.2, 0.25) is 0 Å². The Bertz CT molecular complexity index is 359. The number of hydrogen-bond acceptors (Lipinski definition) is 3. The molecule has 106 valence electrons. The monoisotopic (exact) mass is 280 g/mol. The summed E-state index contributed by atoms with van der Waals surface area (Å²) >= 11 is 0. The van der Waals surface area contributed by atoms with Gasteiger partial charge < -0.3 is 13.3 Å². The highest BCUT2D eigenvalue weighted by Gasteiger charge is 2.42. The molecule has 1 fully saturated rings. The molecule has 0 amide bonds. The zero-order valence-electron chi connectivity index (χ0n) is 11.9. The smallest absolute Gasteiger partial charge is 0.373 e. The molecule has 0 heterocycles. The number of rotatable bonds is 6. The Morgan fingerprint density at radius 3 is 2.21 bits per heavy atom. The molecule has 0 saturated heterocycles. The van der Waals surface area contributed by atoms with Gasteiger partial charge in [0.15, 0.2) is 0 Å². The first-order valence-corrected chi connectivity index (χ1v) is 8.83. The molecule has 0 radical (unpaired) electrons. The van der Waals surface area contributed by atoms with Crippen molar-refractivity contribution in [1.29, 1.82) is 0 Å². The predicted octanol–water partition coefficient (Wildman–Crippen LogP) is 2.72. The van der Waals surface area contributed by atoms with Crippen LogP contribution in [0.5, 0.6) is 0 Å². The number of hydrogen-bond donors (Lipinski definition) is 0. The molecule has 1 aliphatic rings. The minimum Gasteiger partial charge on any atom is -0.373 e. The van der Waals surface area contributed by atoms with E-state index < -0.39 is 8.80 Å². The fourth-order valence-corrected chi connectivity index (χ4v) is 4.84. The summed E-state index contributed by atoms with van der Waals surface area (Å²) < 4.78 is 17.5. The number of benzene rings is 1. The van der Waals surface area contributed by atoms with E-state index in [9.17, 15) is 0 Å². The van der Waals surface area contributed by atoms with Crippen LogP contribution in [0.2, 0.25) is 0 Å². The van der Waals surface area contributed by atoms with Crippen LogP contribution in [0, 0.1) is 5.92 Å². The lowest BCUT2D eigenvalue weighted by Gasteiger charge is -2.30. The van der Waals surface area contributed by atoms with E-state index in [2.05, 4.69) is 0 Å². The lowest BCUT2D eigenvalue weighted by atomic mass is 9.90. The molecular weight excluding hydrogens is 256 g/mol. The first kappa shape index (κ1) is 14.7. The van der Waals surface area contributed by atoms with Crippen LogP contribution < -0.4 is 5.19 Å². The summed E-state index contributed by atoms with van der Waals surface area (Å²) in [7, 11) is 0.665. The van der Waals surface area contributed by atoms with E-state index in [0.29, 0.717) is 5.92 Å². The molecule has 0 unspecified atom stereocenters. The van der Waals surface area contributed by atoms with Gasteiger partial charge in [-0.15, -0.1) is 0 Å². The lowest BCUT2D eigenvalue weighted by Crippen LogP contribution is -2.56. The van der Waals surface area contributed by atoms with Crippen molar-refractivity contribution in [2.75, 3.05) is 20.8 Å².